The average molecular weight is 379 g/mol. The van der Waals surface area contributed by atoms with Gasteiger partial charge in [-0.05, 0) is 48.4 Å². The molecule has 0 aromatic heterocycles. The van der Waals surface area contributed by atoms with Crippen LogP contribution in [0.3, 0.4) is 0 Å². The number of hydrogen-bond donors (Lipinski definition) is 2. The summed E-state index contributed by atoms with van der Waals surface area (Å²) in [6.07, 6.45) is 2.82. The van der Waals surface area contributed by atoms with Gasteiger partial charge < -0.3 is 4.74 Å². The van der Waals surface area contributed by atoms with E-state index < -0.39 is 11.8 Å². The Morgan fingerprint density at radius 1 is 1.12 bits per heavy atom. The van der Waals surface area contributed by atoms with E-state index in [1.807, 2.05) is 6.92 Å². The Hall–Kier alpha value is -2.50. The molecule has 0 aliphatic rings. The summed E-state index contributed by atoms with van der Waals surface area (Å²) in [5.74, 6) is -0.436. The first-order chi connectivity index (χ1) is 12.0. The molecule has 7 heteroatoms. The summed E-state index contributed by atoms with van der Waals surface area (Å²) in [5, 5.41) is 1.12. The van der Waals surface area contributed by atoms with Gasteiger partial charge in [0.1, 0.15) is 5.75 Å². The quantitative estimate of drug-likeness (QED) is 0.617. The molecule has 0 bridgehead atoms. The number of hydrogen-bond acceptors (Lipinski definition) is 3. The number of nitrogens with one attached hydrogen (secondary N) is 2. The zero-order valence-electron chi connectivity index (χ0n) is 13.4. The normalized spacial score (nSPS) is 10.5. The molecule has 0 radical (unpaired) electrons. The summed E-state index contributed by atoms with van der Waals surface area (Å²) in [6, 6.07) is 12.2. The van der Waals surface area contributed by atoms with E-state index in [9.17, 15) is 9.59 Å². The van der Waals surface area contributed by atoms with Crippen molar-refractivity contribution in [1.82, 2.24) is 10.9 Å². The fourth-order valence-electron chi connectivity index (χ4n) is 1.90. The van der Waals surface area contributed by atoms with Crippen LogP contribution >= 0.6 is 23.2 Å². The highest BCUT2D eigenvalue weighted by molar-refractivity contribution is 6.32. The molecule has 2 N–H and O–H groups in total. The molecule has 0 aliphatic heterocycles. The van der Waals surface area contributed by atoms with Crippen LogP contribution in [0, 0.1) is 6.92 Å². The average Bonchev–Trinajstić information content (AvgIpc) is 2.58. The van der Waals surface area contributed by atoms with Crippen LogP contribution < -0.4 is 15.6 Å². The number of halogens is 2. The molecular formula is C18H16Cl2N2O3. The van der Waals surface area contributed by atoms with Crippen LogP contribution in [0.4, 0.5) is 0 Å². The first kappa shape index (κ1) is 18.8. The molecule has 2 amide bonds. The second kappa shape index (κ2) is 9.11. The Morgan fingerprint density at radius 3 is 2.60 bits per heavy atom. The number of rotatable bonds is 5. The number of benzene rings is 2. The minimum absolute atomic E-state index is 0.239. The van der Waals surface area contributed by atoms with Crippen molar-refractivity contribution in [2.75, 3.05) is 6.61 Å². The number of amides is 2. The van der Waals surface area contributed by atoms with Crippen LogP contribution in [0.5, 0.6) is 5.75 Å². The van der Waals surface area contributed by atoms with Gasteiger partial charge in [-0.3, -0.25) is 20.4 Å². The molecule has 0 spiro atoms. The lowest BCUT2D eigenvalue weighted by Gasteiger charge is -2.09. The third kappa shape index (κ3) is 6.14. The van der Waals surface area contributed by atoms with Crippen molar-refractivity contribution in [2.45, 2.75) is 6.92 Å². The van der Waals surface area contributed by atoms with Gasteiger partial charge in [0.15, 0.2) is 6.61 Å². The zero-order valence-corrected chi connectivity index (χ0v) is 14.9. The van der Waals surface area contributed by atoms with E-state index in [0.717, 1.165) is 5.56 Å². The van der Waals surface area contributed by atoms with Gasteiger partial charge in [0.2, 0.25) is 0 Å². The predicted octanol–water partition coefficient (Wildman–Crippen LogP) is 3.54. The Morgan fingerprint density at radius 2 is 1.88 bits per heavy atom. The maximum Gasteiger partial charge on any atom is 0.276 e. The Bertz CT molecular complexity index is 807. The van der Waals surface area contributed by atoms with E-state index in [2.05, 4.69) is 10.9 Å². The highest BCUT2D eigenvalue weighted by atomic mass is 35.5. The van der Waals surface area contributed by atoms with Gasteiger partial charge in [0.25, 0.3) is 11.8 Å². The summed E-state index contributed by atoms with van der Waals surface area (Å²) in [5.41, 5.74) is 6.04. The van der Waals surface area contributed by atoms with E-state index in [4.69, 9.17) is 27.9 Å². The van der Waals surface area contributed by atoms with Gasteiger partial charge in [-0.25, -0.2) is 0 Å². The number of carbonyl (C=O) groups is 2. The van der Waals surface area contributed by atoms with Crippen LogP contribution in [-0.4, -0.2) is 18.4 Å². The van der Waals surface area contributed by atoms with E-state index in [-0.39, 0.29) is 6.61 Å². The number of aryl methyl sites for hydroxylation is 1. The fraction of sp³-hybridized carbons (Fsp3) is 0.111. The molecule has 0 unspecified atom stereocenters. The highest BCUT2D eigenvalue weighted by Crippen LogP contribution is 2.21. The number of ether oxygens (including phenoxy) is 1. The van der Waals surface area contributed by atoms with E-state index in [1.54, 1.807) is 48.5 Å². The van der Waals surface area contributed by atoms with Crippen molar-refractivity contribution in [3.8, 4) is 5.75 Å². The molecule has 0 atom stereocenters. The number of carbonyl (C=O) groups excluding carboxylic acids is 2. The summed E-state index contributed by atoms with van der Waals surface area (Å²) in [7, 11) is 0. The molecule has 5 nitrogen and oxygen atoms in total. The second-order valence-electron chi connectivity index (χ2n) is 5.09. The standard InChI is InChI=1S/C18H16Cl2N2O3/c1-12-10-14(19)7-8-16(12)25-11-18(24)22-21-17(23)9-6-13-4-2-3-5-15(13)20/h2-10H,11H2,1H3,(H,21,23)(H,22,24)/b9-6+. The maximum absolute atomic E-state index is 11.7. The van der Waals surface area contributed by atoms with Crippen molar-refractivity contribution in [2.24, 2.45) is 0 Å². The van der Waals surface area contributed by atoms with Gasteiger partial charge in [-0.1, -0.05) is 41.4 Å². The molecule has 0 saturated carbocycles. The third-order valence-corrected chi connectivity index (χ3v) is 3.72. The summed E-state index contributed by atoms with van der Waals surface area (Å²) < 4.78 is 5.37. The van der Waals surface area contributed by atoms with E-state index >= 15 is 0 Å². The molecule has 2 rings (SSSR count). The molecule has 0 fully saturated rings. The molecule has 2 aromatic rings. The monoisotopic (exact) mass is 378 g/mol. The largest absolute Gasteiger partial charge is 0.483 e. The molecule has 0 aliphatic carbocycles. The molecule has 0 saturated heterocycles. The fourth-order valence-corrected chi connectivity index (χ4v) is 2.33. The Kier molecular flexibility index (Phi) is 6.86. The van der Waals surface area contributed by atoms with Crippen LogP contribution in [0.15, 0.2) is 48.5 Å². The van der Waals surface area contributed by atoms with Crippen molar-refractivity contribution in [3.63, 3.8) is 0 Å². The maximum atomic E-state index is 11.7. The van der Waals surface area contributed by atoms with Crippen LogP contribution in [-0.2, 0) is 9.59 Å². The minimum Gasteiger partial charge on any atom is -0.483 e. The predicted molar refractivity (Wildman–Crippen MR) is 98.5 cm³/mol. The molecule has 0 heterocycles. The molecular weight excluding hydrogens is 363 g/mol. The first-order valence-electron chi connectivity index (χ1n) is 7.36. The summed E-state index contributed by atoms with van der Waals surface area (Å²) in [4.78, 5) is 23.4. The van der Waals surface area contributed by atoms with Crippen LogP contribution in [0.1, 0.15) is 11.1 Å². The lowest BCUT2D eigenvalue weighted by Crippen LogP contribution is -2.43. The van der Waals surface area contributed by atoms with Crippen molar-refractivity contribution >= 4 is 41.1 Å². The van der Waals surface area contributed by atoms with Gasteiger partial charge in [0.05, 0.1) is 0 Å². The van der Waals surface area contributed by atoms with Gasteiger partial charge in [-0.15, -0.1) is 0 Å². The van der Waals surface area contributed by atoms with Crippen LogP contribution in [0.25, 0.3) is 6.08 Å². The lowest BCUT2D eigenvalue weighted by molar-refractivity contribution is -0.128. The van der Waals surface area contributed by atoms with Crippen molar-refractivity contribution in [3.05, 3.63) is 69.7 Å². The highest BCUT2D eigenvalue weighted by Gasteiger charge is 2.06. The topological polar surface area (TPSA) is 67.4 Å². The lowest BCUT2D eigenvalue weighted by atomic mass is 10.2. The Labute approximate surface area is 155 Å². The van der Waals surface area contributed by atoms with Gasteiger partial charge >= 0.3 is 0 Å². The van der Waals surface area contributed by atoms with Crippen LogP contribution in [0.2, 0.25) is 10.0 Å². The minimum atomic E-state index is -0.492. The Balaban J connectivity index is 1.77. The zero-order chi connectivity index (χ0) is 18.2. The summed E-state index contributed by atoms with van der Waals surface area (Å²) in [6.45, 7) is 1.58. The molecule has 130 valence electrons. The van der Waals surface area contributed by atoms with Gasteiger partial charge in [0, 0.05) is 16.1 Å². The van der Waals surface area contributed by atoms with Crippen molar-refractivity contribution < 1.29 is 14.3 Å². The van der Waals surface area contributed by atoms with Gasteiger partial charge in [-0.2, -0.15) is 0 Å². The second-order valence-corrected chi connectivity index (χ2v) is 5.93. The van der Waals surface area contributed by atoms with E-state index in [0.29, 0.717) is 21.4 Å². The molecule has 25 heavy (non-hydrogen) atoms. The SMILES string of the molecule is Cc1cc(Cl)ccc1OCC(=O)NNC(=O)/C=C/c1ccccc1Cl. The summed E-state index contributed by atoms with van der Waals surface area (Å²) >= 11 is 11.8. The third-order valence-electron chi connectivity index (χ3n) is 3.14. The first-order valence-corrected chi connectivity index (χ1v) is 8.11. The van der Waals surface area contributed by atoms with E-state index in [1.165, 1.54) is 6.08 Å². The smallest absolute Gasteiger partial charge is 0.276 e. The van der Waals surface area contributed by atoms with Crippen molar-refractivity contribution in [1.29, 1.82) is 0 Å². The number of hydrazine groups is 1. The molecule has 2 aromatic carbocycles.